The van der Waals surface area contributed by atoms with E-state index in [4.69, 9.17) is 5.26 Å². The van der Waals surface area contributed by atoms with E-state index in [9.17, 15) is 0 Å². The molecule has 0 spiro atoms. The summed E-state index contributed by atoms with van der Waals surface area (Å²) in [5.41, 5.74) is 1.32. The number of aryl methyl sites for hydroxylation is 1. The van der Waals surface area contributed by atoms with Gasteiger partial charge in [0.2, 0.25) is 0 Å². The zero-order valence-electron chi connectivity index (χ0n) is 10.2. The van der Waals surface area contributed by atoms with Crippen LogP contribution in [-0.2, 0) is 0 Å². The first-order chi connectivity index (χ1) is 7.83. The highest BCUT2D eigenvalue weighted by Crippen LogP contribution is 2.25. The molecule has 1 aromatic rings. The predicted octanol–water partition coefficient (Wildman–Crippen LogP) is 4.48. The molecule has 0 N–H and O–H groups in total. The highest BCUT2D eigenvalue weighted by atomic mass is 14.3. The summed E-state index contributed by atoms with van der Waals surface area (Å²) in [6, 6.07) is 12.5. The van der Waals surface area contributed by atoms with E-state index >= 15 is 0 Å². The van der Waals surface area contributed by atoms with E-state index in [0.717, 1.165) is 12.3 Å². The van der Waals surface area contributed by atoms with E-state index in [0.29, 0.717) is 0 Å². The molecular formula is C15H21N. The van der Waals surface area contributed by atoms with Crippen molar-refractivity contribution in [2.24, 2.45) is 5.92 Å². The number of nitriles is 1. The van der Waals surface area contributed by atoms with Crippen molar-refractivity contribution >= 4 is 0 Å². The lowest BCUT2D eigenvalue weighted by molar-refractivity contribution is 0.364. The summed E-state index contributed by atoms with van der Waals surface area (Å²) in [4.78, 5) is 0. The standard InChI is InChI=1S/C8H13N.C7H8/c9-7-6-8-4-2-1-3-5-8;1-7-5-3-2-4-6-7/h8H,1-6H2;2-6H,1H3. The minimum absolute atomic E-state index is 0.740. The van der Waals surface area contributed by atoms with Crippen molar-refractivity contribution in [3.8, 4) is 6.07 Å². The van der Waals surface area contributed by atoms with Gasteiger partial charge in [-0.25, -0.2) is 0 Å². The number of rotatable bonds is 1. The van der Waals surface area contributed by atoms with Crippen LogP contribution in [0.4, 0.5) is 0 Å². The quantitative estimate of drug-likeness (QED) is 0.677. The normalized spacial score (nSPS) is 15.8. The van der Waals surface area contributed by atoms with Gasteiger partial charge >= 0.3 is 0 Å². The monoisotopic (exact) mass is 215 g/mol. The predicted molar refractivity (Wildman–Crippen MR) is 68.0 cm³/mol. The molecule has 1 aliphatic carbocycles. The van der Waals surface area contributed by atoms with Crippen molar-refractivity contribution in [1.82, 2.24) is 0 Å². The van der Waals surface area contributed by atoms with E-state index in [1.807, 2.05) is 18.2 Å². The molecule has 16 heavy (non-hydrogen) atoms. The van der Waals surface area contributed by atoms with Crippen LogP contribution in [0.15, 0.2) is 30.3 Å². The molecule has 0 saturated heterocycles. The largest absolute Gasteiger partial charge is 0.198 e. The van der Waals surface area contributed by atoms with Gasteiger partial charge in [0.1, 0.15) is 0 Å². The van der Waals surface area contributed by atoms with E-state index in [2.05, 4.69) is 25.1 Å². The summed E-state index contributed by atoms with van der Waals surface area (Å²) in [5.74, 6) is 0.740. The van der Waals surface area contributed by atoms with Gasteiger partial charge in [-0.05, 0) is 25.7 Å². The van der Waals surface area contributed by atoms with E-state index in [-0.39, 0.29) is 0 Å². The van der Waals surface area contributed by atoms with Crippen LogP contribution in [0.5, 0.6) is 0 Å². The summed E-state index contributed by atoms with van der Waals surface area (Å²) in [6.45, 7) is 2.08. The van der Waals surface area contributed by atoms with E-state index in [1.165, 1.54) is 37.7 Å². The van der Waals surface area contributed by atoms with Crippen LogP contribution >= 0.6 is 0 Å². The first-order valence-electron chi connectivity index (χ1n) is 6.21. The lowest BCUT2D eigenvalue weighted by Gasteiger charge is -2.17. The number of hydrogen-bond donors (Lipinski definition) is 0. The van der Waals surface area contributed by atoms with Crippen LogP contribution in [0.1, 0.15) is 44.1 Å². The molecule has 86 valence electrons. The summed E-state index contributed by atoms with van der Waals surface area (Å²) in [6.07, 6.45) is 7.49. The van der Waals surface area contributed by atoms with Crippen molar-refractivity contribution in [3.63, 3.8) is 0 Å². The van der Waals surface area contributed by atoms with Gasteiger partial charge in [0.05, 0.1) is 6.07 Å². The molecule has 0 heterocycles. The second kappa shape index (κ2) is 7.93. The molecule has 0 unspecified atom stereocenters. The number of nitrogens with zero attached hydrogens (tertiary/aromatic N) is 1. The van der Waals surface area contributed by atoms with Gasteiger partial charge in [-0.2, -0.15) is 5.26 Å². The Morgan fingerprint density at radius 3 is 2.19 bits per heavy atom. The molecule has 0 radical (unpaired) electrons. The SMILES string of the molecule is Cc1ccccc1.N#CCC1CCCCC1. The lowest BCUT2D eigenvalue weighted by Crippen LogP contribution is -2.04. The van der Waals surface area contributed by atoms with Gasteiger partial charge in [-0.1, -0.05) is 55.2 Å². The fraction of sp³-hybridized carbons (Fsp3) is 0.533. The number of hydrogen-bond acceptors (Lipinski definition) is 1. The lowest BCUT2D eigenvalue weighted by atomic mass is 9.87. The summed E-state index contributed by atoms with van der Waals surface area (Å²) >= 11 is 0. The molecule has 1 saturated carbocycles. The Labute approximate surface area is 99.1 Å². The third-order valence-electron chi connectivity index (χ3n) is 3.05. The van der Waals surface area contributed by atoms with Crippen LogP contribution in [0.3, 0.4) is 0 Å². The van der Waals surface area contributed by atoms with Crippen LogP contribution in [-0.4, -0.2) is 0 Å². The molecule has 0 aromatic heterocycles. The molecule has 2 rings (SSSR count). The highest BCUT2D eigenvalue weighted by molar-refractivity contribution is 5.11. The first kappa shape index (κ1) is 12.8. The Morgan fingerprint density at radius 2 is 1.75 bits per heavy atom. The Hall–Kier alpha value is -1.29. The molecule has 0 bridgehead atoms. The Morgan fingerprint density at radius 1 is 1.12 bits per heavy atom. The minimum atomic E-state index is 0.740. The molecular weight excluding hydrogens is 194 g/mol. The summed E-state index contributed by atoms with van der Waals surface area (Å²) in [7, 11) is 0. The Balaban J connectivity index is 0.000000165. The molecule has 1 fully saturated rings. The van der Waals surface area contributed by atoms with Gasteiger partial charge in [-0.3, -0.25) is 0 Å². The highest BCUT2D eigenvalue weighted by Gasteiger charge is 2.11. The summed E-state index contributed by atoms with van der Waals surface area (Å²) in [5, 5.41) is 8.37. The maximum atomic E-state index is 8.37. The van der Waals surface area contributed by atoms with Gasteiger partial charge in [0.15, 0.2) is 0 Å². The molecule has 0 amide bonds. The van der Waals surface area contributed by atoms with Gasteiger partial charge in [0.25, 0.3) is 0 Å². The van der Waals surface area contributed by atoms with Crippen molar-refractivity contribution in [2.45, 2.75) is 45.4 Å². The molecule has 1 heteroatoms. The summed E-state index contributed by atoms with van der Waals surface area (Å²) < 4.78 is 0. The van der Waals surface area contributed by atoms with Crippen molar-refractivity contribution in [3.05, 3.63) is 35.9 Å². The molecule has 1 nitrogen and oxygen atoms in total. The molecule has 1 aromatic carbocycles. The van der Waals surface area contributed by atoms with Crippen LogP contribution in [0.2, 0.25) is 0 Å². The second-order valence-electron chi connectivity index (χ2n) is 4.52. The maximum Gasteiger partial charge on any atom is 0.0624 e. The maximum absolute atomic E-state index is 8.37. The van der Waals surface area contributed by atoms with Gasteiger partial charge < -0.3 is 0 Å². The van der Waals surface area contributed by atoms with Crippen molar-refractivity contribution < 1.29 is 0 Å². The average molecular weight is 215 g/mol. The van der Waals surface area contributed by atoms with Crippen LogP contribution < -0.4 is 0 Å². The third kappa shape index (κ3) is 5.56. The third-order valence-corrected chi connectivity index (χ3v) is 3.05. The topological polar surface area (TPSA) is 23.8 Å². The first-order valence-corrected chi connectivity index (χ1v) is 6.21. The van der Waals surface area contributed by atoms with E-state index < -0.39 is 0 Å². The van der Waals surface area contributed by atoms with Crippen LogP contribution in [0.25, 0.3) is 0 Å². The number of benzene rings is 1. The Kier molecular flexibility index (Phi) is 6.33. The van der Waals surface area contributed by atoms with Crippen molar-refractivity contribution in [1.29, 1.82) is 5.26 Å². The molecule has 0 aliphatic heterocycles. The smallest absolute Gasteiger partial charge is 0.0624 e. The molecule has 0 atom stereocenters. The molecule has 1 aliphatic rings. The fourth-order valence-corrected chi connectivity index (χ4v) is 2.05. The fourth-order valence-electron chi connectivity index (χ4n) is 2.05. The Bertz CT molecular complexity index is 304. The van der Waals surface area contributed by atoms with Crippen LogP contribution in [0, 0.1) is 24.2 Å². The zero-order valence-corrected chi connectivity index (χ0v) is 10.2. The second-order valence-corrected chi connectivity index (χ2v) is 4.52. The van der Waals surface area contributed by atoms with Crippen molar-refractivity contribution in [2.75, 3.05) is 0 Å². The van der Waals surface area contributed by atoms with E-state index in [1.54, 1.807) is 0 Å². The zero-order chi connectivity index (χ0) is 11.6. The average Bonchev–Trinajstić information content (AvgIpc) is 2.33. The van der Waals surface area contributed by atoms with Gasteiger partial charge in [0, 0.05) is 6.42 Å². The minimum Gasteiger partial charge on any atom is -0.198 e. The van der Waals surface area contributed by atoms with Gasteiger partial charge in [-0.15, -0.1) is 0 Å².